The van der Waals surface area contributed by atoms with Gasteiger partial charge in [-0.15, -0.1) is 11.3 Å². The molecule has 1 aliphatic carbocycles. The predicted octanol–water partition coefficient (Wildman–Crippen LogP) is 5.27. The Morgan fingerprint density at radius 1 is 0.929 bits per heavy atom. The summed E-state index contributed by atoms with van der Waals surface area (Å²) in [7, 11) is 0. The van der Waals surface area contributed by atoms with Crippen LogP contribution in [0.25, 0.3) is 10.2 Å². The van der Waals surface area contributed by atoms with Crippen LogP contribution in [0.1, 0.15) is 35.8 Å². The zero-order valence-electron chi connectivity index (χ0n) is 16.3. The van der Waals surface area contributed by atoms with E-state index in [4.69, 9.17) is 4.98 Å². The van der Waals surface area contributed by atoms with E-state index in [1.54, 1.807) is 5.70 Å². The minimum absolute atomic E-state index is 0.598. The lowest BCUT2D eigenvalue weighted by Gasteiger charge is -2.39. The van der Waals surface area contributed by atoms with Gasteiger partial charge in [0.05, 0.1) is 15.2 Å². The highest BCUT2D eigenvalue weighted by Gasteiger charge is 2.24. The Morgan fingerprint density at radius 3 is 2.46 bits per heavy atom. The number of fused-ring (bicyclic) bond motifs is 1. The topological polar surface area (TPSA) is 19.4 Å². The standard InChI is InChI=1S/C24H27N3S/c1-2-6-19(7-3-1)18-26-14-16-27(17-15-26)21-12-10-20(11-13-21)24-25-22-8-4-5-9-23(22)28-24/h1-9,12,20H,10-11,13-18H2. The Hall–Kier alpha value is -2.17. The quantitative estimate of drug-likeness (QED) is 0.606. The summed E-state index contributed by atoms with van der Waals surface area (Å²) in [4.78, 5) is 10.1. The average Bonchev–Trinajstić information content (AvgIpc) is 3.20. The van der Waals surface area contributed by atoms with Gasteiger partial charge in [0, 0.05) is 44.3 Å². The van der Waals surface area contributed by atoms with Gasteiger partial charge < -0.3 is 4.90 Å². The number of rotatable bonds is 4. The van der Waals surface area contributed by atoms with Crippen molar-refractivity contribution in [3.05, 3.63) is 76.9 Å². The molecule has 2 aliphatic rings. The van der Waals surface area contributed by atoms with Crippen molar-refractivity contribution in [2.24, 2.45) is 0 Å². The second kappa shape index (κ2) is 8.06. The van der Waals surface area contributed by atoms with Crippen molar-refractivity contribution in [2.45, 2.75) is 31.7 Å². The zero-order chi connectivity index (χ0) is 18.8. The van der Waals surface area contributed by atoms with Crippen molar-refractivity contribution in [2.75, 3.05) is 26.2 Å². The van der Waals surface area contributed by atoms with E-state index in [0.29, 0.717) is 5.92 Å². The second-order valence-electron chi connectivity index (χ2n) is 7.94. The summed E-state index contributed by atoms with van der Waals surface area (Å²) in [6, 6.07) is 19.4. The highest BCUT2D eigenvalue weighted by molar-refractivity contribution is 7.18. The number of nitrogens with zero attached hydrogens (tertiary/aromatic N) is 3. The molecule has 3 nitrogen and oxygen atoms in total. The van der Waals surface area contributed by atoms with E-state index in [9.17, 15) is 0 Å². The summed E-state index contributed by atoms with van der Waals surface area (Å²) in [6.07, 6.45) is 6.06. The molecule has 1 fully saturated rings. The SMILES string of the molecule is C1=C(N2CCN(Cc3ccccc3)CC2)CCC(c2nc3ccccc3s2)C1. The number of hydrogen-bond acceptors (Lipinski definition) is 4. The number of para-hydroxylation sites is 1. The van der Waals surface area contributed by atoms with Crippen LogP contribution in [-0.2, 0) is 6.54 Å². The Morgan fingerprint density at radius 2 is 1.71 bits per heavy atom. The fraction of sp³-hybridized carbons (Fsp3) is 0.375. The van der Waals surface area contributed by atoms with Crippen LogP contribution in [0.5, 0.6) is 0 Å². The molecule has 3 aromatic rings. The van der Waals surface area contributed by atoms with Crippen molar-refractivity contribution in [1.82, 2.24) is 14.8 Å². The minimum Gasteiger partial charge on any atom is -0.373 e. The lowest BCUT2D eigenvalue weighted by atomic mass is 9.92. The van der Waals surface area contributed by atoms with Crippen molar-refractivity contribution in [3.8, 4) is 0 Å². The fourth-order valence-electron chi connectivity index (χ4n) is 4.43. The van der Waals surface area contributed by atoms with Gasteiger partial charge in [-0.3, -0.25) is 4.90 Å². The monoisotopic (exact) mass is 389 g/mol. The van der Waals surface area contributed by atoms with Gasteiger partial charge in [-0.25, -0.2) is 4.98 Å². The third kappa shape index (κ3) is 3.85. The first-order valence-electron chi connectivity index (χ1n) is 10.4. The molecule has 0 spiro atoms. The molecule has 2 heterocycles. The summed E-state index contributed by atoms with van der Waals surface area (Å²) in [6.45, 7) is 5.71. The molecule has 144 valence electrons. The van der Waals surface area contributed by atoms with Gasteiger partial charge in [-0.1, -0.05) is 48.5 Å². The Bertz CT molecular complexity index is 921. The maximum atomic E-state index is 4.89. The summed E-state index contributed by atoms with van der Waals surface area (Å²) in [5, 5.41) is 1.32. The largest absolute Gasteiger partial charge is 0.373 e. The van der Waals surface area contributed by atoms with Crippen molar-refractivity contribution in [1.29, 1.82) is 0 Å². The van der Waals surface area contributed by atoms with E-state index in [2.05, 4.69) is 70.5 Å². The van der Waals surface area contributed by atoms with Crippen LogP contribution in [0, 0.1) is 0 Å². The number of piperazine rings is 1. The molecule has 4 heteroatoms. The molecule has 1 atom stereocenters. The average molecular weight is 390 g/mol. The second-order valence-corrected chi connectivity index (χ2v) is 9.00. The third-order valence-corrected chi connectivity index (χ3v) is 7.27. The van der Waals surface area contributed by atoms with E-state index < -0.39 is 0 Å². The Labute approximate surface area is 171 Å². The molecule has 0 bridgehead atoms. The molecule has 28 heavy (non-hydrogen) atoms. The van der Waals surface area contributed by atoms with Gasteiger partial charge in [0.25, 0.3) is 0 Å². The minimum atomic E-state index is 0.598. The molecule has 0 N–H and O–H groups in total. The van der Waals surface area contributed by atoms with E-state index in [1.807, 2.05) is 11.3 Å². The molecule has 5 rings (SSSR count). The summed E-state index contributed by atoms with van der Waals surface area (Å²) in [5.74, 6) is 0.598. The van der Waals surface area contributed by atoms with Gasteiger partial charge in [0.15, 0.2) is 0 Å². The first-order chi connectivity index (χ1) is 13.8. The van der Waals surface area contributed by atoms with Crippen LogP contribution in [0.15, 0.2) is 66.4 Å². The molecule has 0 saturated carbocycles. The maximum absolute atomic E-state index is 4.89. The molecule has 1 saturated heterocycles. The third-order valence-electron chi connectivity index (χ3n) is 6.07. The molecule has 0 amide bonds. The van der Waals surface area contributed by atoms with Crippen LogP contribution in [0.2, 0.25) is 0 Å². The van der Waals surface area contributed by atoms with E-state index in [1.165, 1.54) is 28.1 Å². The number of allylic oxidation sites excluding steroid dienone is 2. The van der Waals surface area contributed by atoms with Gasteiger partial charge in [0.1, 0.15) is 0 Å². The number of aromatic nitrogens is 1. The highest BCUT2D eigenvalue weighted by atomic mass is 32.1. The van der Waals surface area contributed by atoms with E-state index in [0.717, 1.165) is 44.7 Å². The van der Waals surface area contributed by atoms with Gasteiger partial charge in [-0.2, -0.15) is 0 Å². The number of benzene rings is 2. The summed E-state index contributed by atoms with van der Waals surface area (Å²) < 4.78 is 1.32. The van der Waals surface area contributed by atoms with Gasteiger partial charge in [0.2, 0.25) is 0 Å². The van der Waals surface area contributed by atoms with Crippen LogP contribution >= 0.6 is 11.3 Å². The first kappa shape index (κ1) is 17.9. The van der Waals surface area contributed by atoms with Crippen LogP contribution in [0.3, 0.4) is 0 Å². The molecule has 1 aromatic heterocycles. The van der Waals surface area contributed by atoms with Crippen LogP contribution < -0.4 is 0 Å². The van der Waals surface area contributed by atoms with E-state index in [-0.39, 0.29) is 0 Å². The lowest BCUT2D eigenvalue weighted by Crippen LogP contribution is -2.45. The summed E-state index contributed by atoms with van der Waals surface area (Å²) in [5.41, 5.74) is 4.15. The van der Waals surface area contributed by atoms with Crippen LogP contribution in [0.4, 0.5) is 0 Å². The van der Waals surface area contributed by atoms with E-state index >= 15 is 0 Å². The zero-order valence-corrected chi connectivity index (χ0v) is 17.1. The van der Waals surface area contributed by atoms with Gasteiger partial charge >= 0.3 is 0 Å². The molecule has 0 radical (unpaired) electrons. The molecular formula is C24H27N3S. The normalized spacial score (nSPS) is 21.1. The van der Waals surface area contributed by atoms with Gasteiger partial charge in [-0.05, 0) is 37.0 Å². The molecular weight excluding hydrogens is 362 g/mol. The van der Waals surface area contributed by atoms with Crippen molar-refractivity contribution in [3.63, 3.8) is 0 Å². The van der Waals surface area contributed by atoms with Crippen LogP contribution in [-0.4, -0.2) is 41.0 Å². The molecule has 1 unspecified atom stereocenters. The lowest BCUT2D eigenvalue weighted by molar-refractivity contribution is 0.147. The Balaban J connectivity index is 1.17. The first-order valence-corrected chi connectivity index (χ1v) is 11.2. The molecule has 1 aliphatic heterocycles. The Kier molecular flexibility index (Phi) is 5.15. The molecule has 2 aromatic carbocycles. The predicted molar refractivity (Wildman–Crippen MR) is 118 cm³/mol. The number of hydrogen-bond donors (Lipinski definition) is 0. The number of thiazole rings is 1. The summed E-state index contributed by atoms with van der Waals surface area (Å²) >= 11 is 1.88. The fourth-order valence-corrected chi connectivity index (χ4v) is 5.55. The highest BCUT2D eigenvalue weighted by Crippen LogP contribution is 2.37. The maximum Gasteiger partial charge on any atom is 0.0972 e. The van der Waals surface area contributed by atoms with Crippen molar-refractivity contribution >= 4 is 21.6 Å². The van der Waals surface area contributed by atoms with Crippen molar-refractivity contribution < 1.29 is 0 Å². The smallest absolute Gasteiger partial charge is 0.0972 e.